The second kappa shape index (κ2) is 10.2. The summed E-state index contributed by atoms with van der Waals surface area (Å²) >= 11 is 0. The maximum absolute atomic E-state index is 5.83. The van der Waals surface area contributed by atoms with E-state index in [2.05, 4.69) is 10.1 Å². The average Bonchev–Trinajstić information content (AvgIpc) is 2.67. The molecule has 0 amide bonds. The van der Waals surface area contributed by atoms with Gasteiger partial charge in [0.25, 0.3) is 0 Å². The summed E-state index contributed by atoms with van der Waals surface area (Å²) in [5.41, 5.74) is 3.74. The molecule has 3 aromatic rings. The number of ether oxygens (including phenoxy) is 1. The number of oxime groups is 1. The third kappa shape index (κ3) is 5.60. The van der Waals surface area contributed by atoms with E-state index < -0.39 is 0 Å². The molecule has 0 fully saturated rings. The summed E-state index contributed by atoms with van der Waals surface area (Å²) in [7, 11) is 0. The predicted octanol–water partition coefficient (Wildman–Crippen LogP) is 4.81. The van der Waals surface area contributed by atoms with Gasteiger partial charge in [-0.25, -0.2) is 4.98 Å². The minimum absolute atomic E-state index is 0. The van der Waals surface area contributed by atoms with Crippen molar-refractivity contribution in [2.45, 2.75) is 13.5 Å². The molecular formula is C21H21ClN2O2. The molecule has 0 N–H and O–H groups in total. The molecule has 4 nitrogen and oxygen atoms in total. The van der Waals surface area contributed by atoms with Gasteiger partial charge in [-0.3, -0.25) is 0 Å². The smallest absolute Gasteiger partial charge is 0.216 e. The van der Waals surface area contributed by atoms with Gasteiger partial charge < -0.3 is 9.57 Å². The fourth-order valence-corrected chi connectivity index (χ4v) is 2.31. The first-order chi connectivity index (χ1) is 12.3. The maximum Gasteiger partial charge on any atom is 0.216 e. The van der Waals surface area contributed by atoms with Gasteiger partial charge in [0.2, 0.25) is 5.88 Å². The Bertz CT molecular complexity index is 824. The summed E-state index contributed by atoms with van der Waals surface area (Å²) < 4.78 is 5.83. The zero-order valence-corrected chi connectivity index (χ0v) is 15.4. The molecule has 0 saturated carbocycles. The lowest BCUT2D eigenvalue weighted by Gasteiger charge is -2.10. The van der Waals surface area contributed by atoms with Crippen LogP contribution in [-0.4, -0.2) is 17.3 Å². The van der Waals surface area contributed by atoms with Gasteiger partial charge in [-0.2, -0.15) is 0 Å². The third-order valence-corrected chi connectivity index (χ3v) is 3.66. The van der Waals surface area contributed by atoms with Crippen molar-refractivity contribution in [1.29, 1.82) is 0 Å². The Labute approximate surface area is 159 Å². The molecule has 2 aromatic carbocycles. The van der Waals surface area contributed by atoms with Crippen LogP contribution >= 0.6 is 12.4 Å². The zero-order chi connectivity index (χ0) is 17.3. The lowest BCUT2D eigenvalue weighted by Crippen LogP contribution is -2.14. The molecule has 0 atom stereocenters. The van der Waals surface area contributed by atoms with Crippen LogP contribution in [-0.2, 0) is 11.4 Å². The van der Waals surface area contributed by atoms with Crippen LogP contribution in [0.25, 0.3) is 0 Å². The van der Waals surface area contributed by atoms with Crippen LogP contribution in [0.3, 0.4) is 0 Å². The Balaban J connectivity index is 0.00000243. The van der Waals surface area contributed by atoms with Gasteiger partial charge in [-0.1, -0.05) is 71.9 Å². The van der Waals surface area contributed by atoms with E-state index in [1.165, 1.54) is 0 Å². The molecular weight excluding hydrogens is 348 g/mol. The van der Waals surface area contributed by atoms with Crippen LogP contribution in [0.2, 0.25) is 0 Å². The third-order valence-electron chi connectivity index (χ3n) is 3.66. The predicted molar refractivity (Wildman–Crippen MR) is 106 cm³/mol. The Kier molecular flexibility index (Phi) is 7.65. The van der Waals surface area contributed by atoms with Crippen molar-refractivity contribution in [1.82, 2.24) is 4.98 Å². The molecule has 0 bridgehead atoms. The Morgan fingerprint density at radius 3 is 2.31 bits per heavy atom. The van der Waals surface area contributed by atoms with E-state index in [0.717, 1.165) is 22.4 Å². The first-order valence-corrected chi connectivity index (χ1v) is 8.15. The van der Waals surface area contributed by atoms with E-state index in [-0.39, 0.29) is 19.0 Å². The van der Waals surface area contributed by atoms with Gasteiger partial charge in [-0.05, 0) is 18.6 Å². The number of aromatic nitrogens is 1. The van der Waals surface area contributed by atoms with Crippen molar-refractivity contribution in [2.24, 2.45) is 5.16 Å². The van der Waals surface area contributed by atoms with E-state index in [9.17, 15) is 0 Å². The number of benzene rings is 2. The lowest BCUT2D eigenvalue weighted by atomic mass is 10.1. The van der Waals surface area contributed by atoms with Crippen LogP contribution in [0.4, 0.5) is 0 Å². The van der Waals surface area contributed by atoms with Crippen LogP contribution in [0.5, 0.6) is 5.88 Å². The molecule has 0 spiro atoms. The SMILES string of the molecule is Cc1cccnc1OCC(=NOCc1ccccc1)c1ccccc1.Cl. The maximum atomic E-state index is 5.83. The van der Waals surface area contributed by atoms with Gasteiger partial charge in [0.05, 0.1) is 0 Å². The number of hydrogen-bond donors (Lipinski definition) is 0. The fourth-order valence-electron chi connectivity index (χ4n) is 2.31. The lowest BCUT2D eigenvalue weighted by molar-refractivity contribution is 0.129. The quantitative estimate of drug-likeness (QED) is 0.444. The number of nitrogens with zero attached hydrogens (tertiary/aromatic N) is 2. The number of rotatable bonds is 7. The molecule has 3 rings (SSSR count). The van der Waals surface area contributed by atoms with Crippen LogP contribution in [0.15, 0.2) is 84.1 Å². The van der Waals surface area contributed by atoms with Gasteiger partial charge in [0.1, 0.15) is 18.9 Å². The summed E-state index contributed by atoms with van der Waals surface area (Å²) in [5.74, 6) is 0.606. The number of aryl methyl sites for hydroxylation is 1. The molecule has 0 aliphatic carbocycles. The number of pyridine rings is 1. The summed E-state index contributed by atoms with van der Waals surface area (Å²) in [4.78, 5) is 9.80. The van der Waals surface area contributed by atoms with Gasteiger partial charge in [-0.15, -0.1) is 12.4 Å². The van der Waals surface area contributed by atoms with Crippen molar-refractivity contribution < 1.29 is 9.57 Å². The standard InChI is InChI=1S/C21H20N2O2.ClH/c1-17-9-8-14-22-21(17)24-16-20(19-12-6-3-7-13-19)23-25-15-18-10-4-2-5-11-18;/h2-14H,15-16H2,1H3;1H. The molecule has 26 heavy (non-hydrogen) atoms. The van der Waals surface area contributed by atoms with Crippen LogP contribution in [0.1, 0.15) is 16.7 Å². The second-order valence-corrected chi connectivity index (χ2v) is 5.58. The van der Waals surface area contributed by atoms with Crippen molar-refractivity contribution in [3.63, 3.8) is 0 Å². The zero-order valence-electron chi connectivity index (χ0n) is 14.5. The van der Waals surface area contributed by atoms with Crippen molar-refractivity contribution in [3.8, 4) is 5.88 Å². The van der Waals surface area contributed by atoms with Gasteiger partial charge in [0.15, 0.2) is 0 Å². The molecule has 0 unspecified atom stereocenters. The van der Waals surface area contributed by atoms with E-state index in [4.69, 9.17) is 9.57 Å². The molecule has 1 aromatic heterocycles. The van der Waals surface area contributed by atoms with E-state index in [1.807, 2.05) is 79.7 Å². The first-order valence-electron chi connectivity index (χ1n) is 8.15. The molecule has 0 aliphatic rings. The molecule has 134 valence electrons. The normalized spacial score (nSPS) is 10.7. The van der Waals surface area contributed by atoms with E-state index in [1.54, 1.807) is 6.20 Å². The Morgan fingerprint density at radius 2 is 1.62 bits per heavy atom. The Hall–Kier alpha value is -2.85. The summed E-state index contributed by atoms with van der Waals surface area (Å²) in [6, 6.07) is 23.7. The average molecular weight is 369 g/mol. The number of halogens is 1. The van der Waals surface area contributed by atoms with Crippen molar-refractivity contribution in [2.75, 3.05) is 6.61 Å². The van der Waals surface area contributed by atoms with Crippen molar-refractivity contribution in [3.05, 3.63) is 95.7 Å². The highest BCUT2D eigenvalue weighted by Gasteiger charge is 2.08. The highest BCUT2D eigenvalue weighted by molar-refractivity contribution is 6.01. The first kappa shape index (κ1) is 19.5. The molecule has 5 heteroatoms. The minimum atomic E-state index is 0. The highest BCUT2D eigenvalue weighted by Crippen LogP contribution is 2.13. The van der Waals surface area contributed by atoms with Crippen LogP contribution < -0.4 is 4.74 Å². The molecule has 0 aliphatic heterocycles. The van der Waals surface area contributed by atoms with E-state index >= 15 is 0 Å². The number of hydrogen-bond acceptors (Lipinski definition) is 4. The minimum Gasteiger partial charge on any atom is -0.471 e. The largest absolute Gasteiger partial charge is 0.471 e. The topological polar surface area (TPSA) is 43.7 Å². The Morgan fingerprint density at radius 1 is 0.923 bits per heavy atom. The molecule has 0 saturated heterocycles. The fraction of sp³-hybridized carbons (Fsp3) is 0.143. The second-order valence-electron chi connectivity index (χ2n) is 5.58. The molecule has 1 heterocycles. The van der Waals surface area contributed by atoms with Crippen LogP contribution in [0, 0.1) is 6.92 Å². The summed E-state index contributed by atoms with van der Waals surface area (Å²) in [6.07, 6.45) is 1.72. The monoisotopic (exact) mass is 368 g/mol. The molecule has 0 radical (unpaired) electrons. The summed E-state index contributed by atoms with van der Waals surface area (Å²) in [6.45, 7) is 2.67. The van der Waals surface area contributed by atoms with Gasteiger partial charge >= 0.3 is 0 Å². The highest BCUT2D eigenvalue weighted by atomic mass is 35.5. The van der Waals surface area contributed by atoms with Gasteiger partial charge in [0, 0.05) is 17.3 Å². The van der Waals surface area contributed by atoms with E-state index in [0.29, 0.717) is 12.5 Å². The summed E-state index contributed by atoms with van der Waals surface area (Å²) in [5, 5.41) is 4.30. The van der Waals surface area contributed by atoms with Crippen molar-refractivity contribution >= 4 is 18.1 Å².